The zero-order valence-corrected chi connectivity index (χ0v) is 16.9. The molecule has 1 aromatic carbocycles. The standard InChI is InChI=1S/C24H35N2/c1-18-12-10-11-17-23(18)26-20(3)19(2)25(22-15-8-5-9-16-22)24(26)21-13-6-4-7-14-21/h10-12,17,21-22H,4-9,13-16H2,1-3H3/q+1. The zero-order valence-electron chi connectivity index (χ0n) is 16.9. The Hall–Kier alpha value is -1.57. The second kappa shape index (κ2) is 7.58. The molecular formula is C24H35N2+. The fraction of sp³-hybridized carbons (Fsp3) is 0.625. The summed E-state index contributed by atoms with van der Waals surface area (Å²) in [5.41, 5.74) is 5.73. The Balaban J connectivity index is 1.91. The number of imidazole rings is 1. The van der Waals surface area contributed by atoms with E-state index in [1.165, 1.54) is 86.8 Å². The molecule has 0 spiro atoms. The van der Waals surface area contributed by atoms with Gasteiger partial charge in [0, 0.05) is 13.8 Å². The van der Waals surface area contributed by atoms with Crippen LogP contribution in [0.25, 0.3) is 5.69 Å². The van der Waals surface area contributed by atoms with Gasteiger partial charge in [-0.25, -0.2) is 4.57 Å². The topological polar surface area (TPSA) is 8.81 Å². The predicted octanol–water partition coefficient (Wildman–Crippen LogP) is 6.24. The van der Waals surface area contributed by atoms with E-state index in [0.29, 0.717) is 6.04 Å². The third-order valence-electron chi connectivity index (χ3n) is 6.96. The number of nitrogens with zero attached hydrogens (tertiary/aromatic N) is 2. The zero-order chi connectivity index (χ0) is 18.1. The highest BCUT2D eigenvalue weighted by Gasteiger charge is 2.37. The maximum Gasteiger partial charge on any atom is 0.265 e. The highest BCUT2D eigenvalue weighted by atomic mass is 15.2. The van der Waals surface area contributed by atoms with E-state index in [0.717, 1.165) is 5.92 Å². The lowest BCUT2D eigenvalue weighted by Gasteiger charge is -2.25. The Morgan fingerprint density at radius 3 is 2.08 bits per heavy atom. The van der Waals surface area contributed by atoms with E-state index < -0.39 is 0 Å². The van der Waals surface area contributed by atoms with Crippen LogP contribution in [0.1, 0.15) is 98.9 Å². The van der Waals surface area contributed by atoms with Crippen molar-refractivity contribution in [2.24, 2.45) is 0 Å². The summed E-state index contributed by atoms with van der Waals surface area (Å²) in [4.78, 5) is 0. The van der Waals surface area contributed by atoms with Gasteiger partial charge in [0.2, 0.25) is 0 Å². The molecule has 0 atom stereocenters. The van der Waals surface area contributed by atoms with Gasteiger partial charge in [-0.1, -0.05) is 43.9 Å². The molecule has 0 amide bonds. The van der Waals surface area contributed by atoms with Crippen molar-refractivity contribution in [3.63, 3.8) is 0 Å². The average Bonchev–Trinajstić information content (AvgIpc) is 2.95. The van der Waals surface area contributed by atoms with Crippen molar-refractivity contribution < 1.29 is 4.57 Å². The van der Waals surface area contributed by atoms with Gasteiger partial charge < -0.3 is 0 Å². The number of hydrogen-bond acceptors (Lipinski definition) is 0. The van der Waals surface area contributed by atoms with Crippen LogP contribution in [0.3, 0.4) is 0 Å². The van der Waals surface area contributed by atoms with Crippen LogP contribution in [0.15, 0.2) is 24.3 Å². The van der Waals surface area contributed by atoms with Gasteiger partial charge in [0.05, 0.1) is 5.92 Å². The van der Waals surface area contributed by atoms with Gasteiger partial charge in [0.15, 0.2) is 0 Å². The number of benzene rings is 1. The van der Waals surface area contributed by atoms with Crippen LogP contribution >= 0.6 is 0 Å². The van der Waals surface area contributed by atoms with Crippen LogP contribution in [-0.4, -0.2) is 4.57 Å². The molecule has 26 heavy (non-hydrogen) atoms. The second-order valence-corrected chi connectivity index (χ2v) is 8.65. The van der Waals surface area contributed by atoms with Crippen molar-refractivity contribution in [1.29, 1.82) is 0 Å². The molecule has 1 heterocycles. The smallest absolute Gasteiger partial charge is 0.228 e. The predicted molar refractivity (Wildman–Crippen MR) is 108 cm³/mol. The molecule has 0 aliphatic heterocycles. The summed E-state index contributed by atoms with van der Waals surface area (Å²) in [6.45, 7) is 6.97. The third-order valence-corrected chi connectivity index (χ3v) is 6.96. The number of aromatic nitrogens is 2. The third kappa shape index (κ3) is 3.12. The van der Waals surface area contributed by atoms with Gasteiger partial charge in [-0.2, -0.15) is 4.57 Å². The minimum atomic E-state index is 0.713. The Morgan fingerprint density at radius 1 is 0.808 bits per heavy atom. The molecule has 0 unspecified atom stereocenters. The van der Waals surface area contributed by atoms with E-state index in [-0.39, 0.29) is 0 Å². The first-order valence-electron chi connectivity index (χ1n) is 10.9. The van der Waals surface area contributed by atoms with Gasteiger partial charge in [-0.15, -0.1) is 0 Å². The summed E-state index contributed by atoms with van der Waals surface area (Å²) in [6.07, 6.45) is 13.9. The van der Waals surface area contributed by atoms with Gasteiger partial charge in [-0.3, -0.25) is 0 Å². The Labute approximate surface area is 159 Å². The molecule has 2 aromatic rings. The largest absolute Gasteiger partial charge is 0.265 e. The SMILES string of the molecule is Cc1ccccc1-n1c(C)c(C)[n+](C2CCCCC2)c1C1CCCCC1. The van der Waals surface area contributed by atoms with Crippen molar-refractivity contribution in [3.05, 3.63) is 47.0 Å². The first-order valence-corrected chi connectivity index (χ1v) is 10.9. The van der Waals surface area contributed by atoms with Crippen molar-refractivity contribution in [1.82, 2.24) is 4.57 Å². The Morgan fingerprint density at radius 2 is 1.42 bits per heavy atom. The van der Waals surface area contributed by atoms with Crippen molar-refractivity contribution in [2.75, 3.05) is 0 Å². The molecule has 140 valence electrons. The Bertz CT molecular complexity index is 759. The molecule has 1 aromatic heterocycles. The van der Waals surface area contributed by atoms with Gasteiger partial charge in [-0.05, 0) is 57.1 Å². The molecule has 2 saturated carbocycles. The summed E-state index contributed by atoms with van der Waals surface area (Å²) in [6, 6.07) is 9.66. The maximum atomic E-state index is 2.79. The number of rotatable bonds is 3. The highest BCUT2D eigenvalue weighted by Crippen LogP contribution is 2.36. The van der Waals surface area contributed by atoms with E-state index in [1.54, 1.807) is 5.82 Å². The van der Waals surface area contributed by atoms with Crippen LogP contribution in [0.4, 0.5) is 0 Å². The second-order valence-electron chi connectivity index (χ2n) is 8.65. The molecule has 0 N–H and O–H groups in total. The summed E-state index contributed by atoms with van der Waals surface area (Å²) < 4.78 is 5.42. The summed E-state index contributed by atoms with van der Waals surface area (Å²) in [5, 5.41) is 0. The normalized spacial score (nSPS) is 19.8. The number of aryl methyl sites for hydroxylation is 1. The maximum absolute atomic E-state index is 2.79. The molecule has 2 aliphatic rings. The van der Waals surface area contributed by atoms with Crippen molar-refractivity contribution >= 4 is 0 Å². The number of para-hydroxylation sites is 1. The lowest BCUT2D eigenvalue weighted by molar-refractivity contribution is -0.738. The minimum absolute atomic E-state index is 0.713. The van der Waals surface area contributed by atoms with Crippen LogP contribution in [0, 0.1) is 20.8 Å². The highest BCUT2D eigenvalue weighted by molar-refractivity contribution is 5.43. The number of hydrogen-bond donors (Lipinski definition) is 0. The molecular weight excluding hydrogens is 316 g/mol. The summed E-state index contributed by atoms with van der Waals surface area (Å²) in [7, 11) is 0. The molecule has 0 radical (unpaired) electrons. The molecule has 2 fully saturated rings. The molecule has 0 bridgehead atoms. The van der Waals surface area contributed by atoms with Crippen molar-refractivity contribution in [2.45, 2.75) is 96.9 Å². The molecule has 2 heteroatoms. The fourth-order valence-electron chi connectivity index (χ4n) is 5.45. The van der Waals surface area contributed by atoms with Crippen LogP contribution in [0.2, 0.25) is 0 Å². The quantitative estimate of drug-likeness (QED) is 0.579. The van der Waals surface area contributed by atoms with E-state index >= 15 is 0 Å². The monoisotopic (exact) mass is 351 g/mol. The minimum Gasteiger partial charge on any atom is -0.228 e. The molecule has 2 aliphatic carbocycles. The van der Waals surface area contributed by atoms with Crippen molar-refractivity contribution in [3.8, 4) is 5.69 Å². The first-order chi connectivity index (χ1) is 12.7. The van der Waals surface area contributed by atoms with Crippen LogP contribution < -0.4 is 4.57 Å². The van der Waals surface area contributed by atoms with Gasteiger partial charge in [0.25, 0.3) is 5.82 Å². The fourth-order valence-corrected chi connectivity index (χ4v) is 5.45. The summed E-state index contributed by atoms with van der Waals surface area (Å²) in [5.74, 6) is 2.33. The molecule has 2 nitrogen and oxygen atoms in total. The first kappa shape index (κ1) is 17.8. The van der Waals surface area contributed by atoms with E-state index in [1.807, 2.05) is 0 Å². The lowest BCUT2D eigenvalue weighted by Crippen LogP contribution is -2.46. The average molecular weight is 352 g/mol. The Kier molecular flexibility index (Phi) is 5.20. The lowest BCUT2D eigenvalue weighted by atomic mass is 9.87. The van der Waals surface area contributed by atoms with E-state index in [4.69, 9.17) is 0 Å². The van der Waals surface area contributed by atoms with Crippen LogP contribution in [-0.2, 0) is 0 Å². The molecule has 4 rings (SSSR count). The van der Waals surface area contributed by atoms with E-state index in [2.05, 4.69) is 54.2 Å². The summed E-state index contributed by atoms with van der Waals surface area (Å²) >= 11 is 0. The van der Waals surface area contributed by atoms with E-state index in [9.17, 15) is 0 Å². The van der Waals surface area contributed by atoms with Crippen LogP contribution in [0.5, 0.6) is 0 Å². The van der Waals surface area contributed by atoms with Gasteiger partial charge >= 0.3 is 0 Å². The molecule has 0 saturated heterocycles. The van der Waals surface area contributed by atoms with Gasteiger partial charge in [0.1, 0.15) is 23.1 Å².